The number of amides is 1. The van der Waals surface area contributed by atoms with Gasteiger partial charge in [-0.2, -0.15) is 13.2 Å². The van der Waals surface area contributed by atoms with Crippen molar-refractivity contribution in [1.29, 1.82) is 0 Å². The third kappa shape index (κ3) is 4.11. The predicted octanol–water partition coefficient (Wildman–Crippen LogP) is 3.62. The van der Waals surface area contributed by atoms with E-state index in [4.69, 9.17) is 0 Å². The van der Waals surface area contributed by atoms with E-state index in [0.717, 1.165) is 17.8 Å². The Balaban J connectivity index is 1.89. The van der Waals surface area contributed by atoms with E-state index in [1.807, 2.05) is 29.9 Å². The van der Waals surface area contributed by atoms with Gasteiger partial charge >= 0.3 is 6.18 Å². The van der Waals surface area contributed by atoms with Gasteiger partial charge in [0.2, 0.25) is 5.91 Å². The fourth-order valence-electron chi connectivity index (χ4n) is 1.96. The maximum absolute atomic E-state index is 12.4. The molecule has 0 unspecified atom stereocenters. The molecular weight excluding hydrogens is 281 g/mol. The summed E-state index contributed by atoms with van der Waals surface area (Å²) in [6.07, 6.45) is -1.62. The molecule has 0 fully saturated rings. The van der Waals surface area contributed by atoms with E-state index in [2.05, 4.69) is 5.32 Å². The summed E-state index contributed by atoms with van der Waals surface area (Å²) in [5.41, 5.74) is 0.654. The quantitative estimate of drug-likeness (QED) is 0.918. The number of hydrogen-bond acceptors (Lipinski definition) is 1. The zero-order valence-corrected chi connectivity index (χ0v) is 11.4. The van der Waals surface area contributed by atoms with Gasteiger partial charge in [-0.05, 0) is 42.8 Å². The summed E-state index contributed by atoms with van der Waals surface area (Å²) in [6, 6.07) is 8.22. The number of alkyl halides is 3. The maximum Gasteiger partial charge on any atom is 0.416 e. The van der Waals surface area contributed by atoms with Crippen LogP contribution < -0.4 is 5.32 Å². The highest BCUT2D eigenvalue weighted by Gasteiger charge is 2.29. The van der Waals surface area contributed by atoms with Crippen molar-refractivity contribution in [3.05, 3.63) is 53.9 Å². The van der Waals surface area contributed by atoms with Crippen LogP contribution in [0.2, 0.25) is 0 Å². The highest BCUT2D eigenvalue weighted by Crippen LogP contribution is 2.29. The number of nitrogens with zero attached hydrogens (tertiary/aromatic N) is 1. The topological polar surface area (TPSA) is 34.0 Å². The minimum atomic E-state index is -4.37. The molecule has 0 bridgehead atoms. The van der Waals surface area contributed by atoms with Crippen LogP contribution in [-0.4, -0.2) is 10.5 Å². The number of rotatable bonds is 4. The van der Waals surface area contributed by atoms with Gasteiger partial charge in [-0.25, -0.2) is 0 Å². The molecule has 6 heteroatoms. The van der Waals surface area contributed by atoms with E-state index in [1.165, 1.54) is 12.1 Å². The lowest BCUT2D eigenvalue weighted by molar-refractivity contribution is -0.137. The highest BCUT2D eigenvalue weighted by molar-refractivity contribution is 5.90. The standard InChI is InChI=1S/C15H15F3N2O/c1-20-10-2-3-13(20)8-9-14(21)19-12-6-4-11(5-7-12)15(16,17)18/h2-7,10H,8-9H2,1H3,(H,19,21). The first-order valence-corrected chi connectivity index (χ1v) is 6.43. The Morgan fingerprint density at radius 3 is 2.38 bits per heavy atom. The first kappa shape index (κ1) is 15.2. The number of aryl methyl sites for hydroxylation is 2. The molecule has 1 heterocycles. The lowest BCUT2D eigenvalue weighted by Gasteiger charge is -2.09. The molecule has 0 saturated heterocycles. The lowest BCUT2D eigenvalue weighted by atomic mass is 10.2. The fraction of sp³-hybridized carbons (Fsp3) is 0.267. The van der Waals surface area contributed by atoms with Gasteiger partial charge in [0.25, 0.3) is 0 Å². The molecule has 0 spiro atoms. The van der Waals surface area contributed by atoms with Crippen LogP contribution in [0.25, 0.3) is 0 Å². The van der Waals surface area contributed by atoms with Gasteiger partial charge in [0, 0.05) is 31.0 Å². The van der Waals surface area contributed by atoms with Crippen LogP contribution in [0.15, 0.2) is 42.6 Å². The largest absolute Gasteiger partial charge is 0.416 e. The summed E-state index contributed by atoms with van der Waals surface area (Å²) in [5.74, 6) is -0.226. The number of carbonyl (C=O) groups excluding carboxylic acids is 1. The Bertz CT molecular complexity index is 615. The molecule has 3 nitrogen and oxygen atoms in total. The van der Waals surface area contributed by atoms with Crippen molar-refractivity contribution in [2.24, 2.45) is 7.05 Å². The van der Waals surface area contributed by atoms with Crippen molar-refractivity contribution in [2.45, 2.75) is 19.0 Å². The van der Waals surface area contributed by atoms with Gasteiger partial charge in [-0.3, -0.25) is 4.79 Å². The molecule has 0 saturated carbocycles. The van der Waals surface area contributed by atoms with Gasteiger partial charge in [-0.1, -0.05) is 0 Å². The van der Waals surface area contributed by atoms with E-state index < -0.39 is 11.7 Å². The van der Waals surface area contributed by atoms with Crippen LogP contribution in [0.5, 0.6) is 0 Å². The summed E-state index contributed by atoms with van der Waals surface area (Å²) >= 11 is 0. The van der Waals surface area contributed by atoms with Crippen molar-refractivity contribution in [3.8, 4) is 0 Å². The molecular formula is C15H15F3N2O. The summed E-state index contributed by atoms with van der Waals surface area (Å²) in [7, 11) is 1.89. The normalized spacial score (nSPS) is 11.4. The summed E-state index contributed by atoms with van der Waals surface area (Å²) in [4.78, 5) is 11.8. The van der Waals surface area contributed by atoms with Crippen LogP contribution in [0.1, 0.15) is 17.7 Å². The van der Waals surface area contributed by atoms with Crippen LogP contribution in [0.4, 0.5) is 18.9 Å². The molecule has 0 aliphatic heterocycles. The molecule has 1 aromatic heterocycles. The summed E-state index contributed by atoms with van der Waals surface area (Å²) in [6.45, 7) is 0. The first-order chi connectivity index (χ1) is 9.86. The van der Waals surface area contributed by atoms with Gasteiger partial charge in [0.1, 0.15) is 0 Å². The van der Waals surface area contributed by atoms with Crippen LogP contribution in [0, 0.1) is 0 Å². The number of anilines is 1. The average molecular weight is 296 g/mol. The Kier molecular flexibility index (Phi) is 4.35. The Hall–Kier alpha value is -2.24. The Labute approximate surface area is 120 Å². The van der Waals surface area contributed by atoms with E-state index >= 15 is 0 Å². The number of aromatic nitrogens is 1. The average Bonchev–Trinajstić information content (AvgIpc) is 2.81. The van der Waals surface area contributed by atoms with Crippen LogP contribution >= 0.6 is 0 Å². The third-order valence-corrected chi connectivity index (χ3v) is 3.16. The van der Waals surface area contributed by atoms with Crippen molar-refractivity contribution < 1.29 is 18.0 Å². The van der Waals surface area contributed by atoms with Crippen molar-refractivity contribution in [3.63, 3.8) is 0 Å². The van der Waals surface area contributed by atoms with Gasteiger partial charge in [0.05, 0.1) is 5.56 Å². The second-order valence-electron chi connectivity index (χ2n) is 4.73. The molecule has 0 atom stereocenters. The van der Waals surface area contributed by atoms with E-state index in [9.17, 15) is 18.0 Å². The molecule has 21 heavy (non-hydrogen) atoms. The van der Waals surface area contributed by atoms with Gasteiger partial charge in [0.15, 0.2) is 0 Å². The highest BCUT2D eigenvalue weighted by atomic mass is 19.4. The monoisotopic (exact) mass is 296 g/mol. The van der Waals surface area contributed by atoms with Gasteiger partial charge in [-0.15, -0.1) is 0 Å². The molecule has 0 aliphatic carbocycles. The number of halogens is 3. The maximum atomic E-state index is 12.4. The fourth-order valence-corrected chi connectivity index (χ4v) is 1.96. The predicted molar refractivity (Wildman–Crippen MR) is 73.8 cm³/mol. The van der Waals surface area contributed by atoms with Crippen molar-refractivity contribution >= 4 is 11.6 Å². The molecule has 112 valence electrons. The second-order valence-corrected chi connectivity index (χ2v) is 4.73. The number of hydrogen-bond donors (Lipinski definition) is 1. The number of nitrogens with one attached hydrogen (secondary N) is 1. The molecule has 0 aliphatic rings. The van der Waals surface area contributed by atoms with Gasteiger partial charge < -0.3 is 9.88 Å². The van der Waals surface area contributed by atoms with E-state index in [-0.39, 0.29) is 12.3 Å². The van der Waals surface area contributed by atoms with Crippen molar-refractivity contribution in [2.75, 3.05) is 5.32 Å². The smallest absolute Gasteiger partial charge is 0.354 e. The Morgan fingerprint density at radius 2 is 1.86 bits per heavy atom. The van der Waals surface area contributed by atoms with Crippen LogP contribution in [-0.2, 0) is 24.4 Å². The number of benzene rings is 1. The van der Waals surface area contributed by atoms with E-state index in [0.29, 0.717) is 12.1 Å². The first-order valence-electron chi connectivity index (χ1n) is 6.43. The minimum Gasteiger partial charge on any atom is -0.354 e. The van der Waals surface area contributed by atoms with E-state index in [1.54, 1.807) is 0 Å². The zero-order valence-electron chi connectivity index (χ0n) is 11.4. The SMILES string of the molecule is Cn1cccc1CCC(=O)Nc1ccc(C(F)(F)F)cc1. The summed E-state index contributed by atoms with van der Waals surface area (Å²) in [5, 5.41) is 2.59. The molecule has 2 aromatic rings. The minimum absolute atomic E-state index is 0.226. The third-order valence-electron chi connectivity index (χ3n) is 3.16. The Morgan fingerprint density at radius 1 is 1.19 bits per heavy atom. The second kappa shape index (κ2) is 6.03. The van der Waals surface area contributed by atoms with Crippen molar-refractivity contribution in [1.82, 2.24) is 4.57 Å². The molecule has 0 radical (unpaired) electrons. The zero-order chi connectivity index (χ0) is 15.5. The molecule has 1 aromatic carbocycles. The van der Waals surface area contributed by atoms with Crippen LogP contribution in [0.3, 0.4) is 0 Å². The number of carbonyl (C=O) groups is 1. The molecule has 1 amide bonds. The lowest BCUT2D eigenvalue weighted by Crippen LogP contribution is -2.13. The summed E-state index contributed by atoms with van der Waals surface area (Å²) < 4.78 is 39.1. The molecule has 2 rings (SSSR count). The molecule has 1 N–H and O–H groups in total.